The molecule has 0 radical (unpaired) electrons. The molecule has 6 heteroatoms. The van der Waals surface area contributed by atoms with E-state index in [2.05, 4.69) is 24.1 Å². The van der Waals surface area contributed by atoms with E-state index in [1.165, 1.54) is 6.07 Å². The van der Waals surface area contributed by atoms with Gasteiger partial charge in [-0.2, -0.15) is 0 Å². The van der Waals surface area contributed by atoms with E-state index < -0.39 is 5.91 Å². The Morgan fingerprint density at radius 3 is 2.83 bits per heavy atom. The van der Waals surface area contributed by atoms with Gasteiger partial charge >= 0.3 is 0 Å². The lowest BCUT2D eigenvalue weighted by Crippen LogP contribution is -2.17. The number of aromatic nitrogens is 1. The van der Waals surface area contributed by atoms with Crippen molar-refractivity contribution in [3.63, 3.8) is 0 Å². The molecule has 0 bridgehead atoms. The third kappa shape index (κ3) is 4.58. The Labute approximate surface area is 107 Å². The zero-order valence-electron chi connectivity index (χ0n) is 10.8. The number of carbonyl (C=O) groups is 1. The zero-order chi connectivity index (χ0) is 13.5. The number of carbonyl (C=O) groups excluding carboxylic acids is 1. The molecule has 18 heavy (non-hydrogen) atoms. The molecule has 0 unspecified atom stereocenters. The van der Waals surface area contributed by atoms with Crippen LogP contribution < -0.4 is 16.8 Å². The Bertz CT molecular complexity index is 407. The molecular formula is C12H20N4O2. The van der Waals surface area contributed by atoms with Gasteiger partial charge in [-0.15, -0.1) is 0 Å². The van der Waals surface area contributed by atoms with Crippen LogP contribution in [0.5, 0.6) is 0 Å². The maximum atomic E-state index is 11.0. The maximum Gasteiger partial charge on any atom is 0.267 e. The van der Waals surface area contributed by atoms with Crippen LogP contribution in [0.15, 0.2) is 12.1 Å². The monoisotopic (exact) mass is 252 g/mol. The number of rotatable bonds is 7. The quantitative estimate of drug-likeness (QED) is 0.624. The van der Waals surface area contributed by atoms with Gasteiger partial charge in [0.2, 0.25) is 0 Å². The van der Waals surface area contributed by atoms with Crippen LogP contribution >= 0.6 is 0 Å². The van der Waals surface area contributed by atoms with Gasteiger partial charge in [-0.05, 0) is 18.1 Å². The molecule has 5 N–H and O–H groups in total. The molecule has 0 aliphatic heterocycles. The fraction of sp³-hybridized carbons (Fsp3) is 0.500. The molecule has 100 valence electrons. The molecule has 1 amide bonds. The van der Waals surface area contributed by atoms with Crippen molar-refractivity contribution in [2.75, 3.05) is 30.8 Å². The van der Waals surface area contributed by atoms with Gasteiger partial charge in [0.1, 0.15) is 11.5 Å². The van der Waals surface area contributed by atoms with Gasteiger partial charge in [-0.25, -0.2) is 4.98 Å². The molecule has 1 aromatic heterocycles. The topological polar surface area (TPSA) is 103 Å². The fourth-order valence-electron chi connectivity index (χ4n) is 1.31. The van der Waals surface area contributed by atoms with E-state index in [1.807, 2.05) is 0 Å². The summed E-state index contributed by atoms with van der Waals surface area (Å²) in [6.07, 6.45) is 0. The van der Waals surface area contributed by atoms with E-state index in [0.717, 1.165) is 0 Å². The van der Waals surface area contributed by atoms with Crippen molar-refractivity contribution < 1.29 is 9.53 Å². The summed E-state index contributed by atoms with van der Waals surface area (Å²) in [5.74, 6) is 0.389. The summed E-state index contributed by atoms with van der Waals surface area (Å²) in [4.78, 5) is 15.0. The van der Waals surface area contributed by atoms with Crippen molar-refractivity contribution in [3.05, 3.63) is 17.8 Å². The highest BCUT2D eigenvalue weighted by Crippen LogP contribution is 2.15. The lowest BCUT2D eigenvalue weighted by Gasteiger charge is -2.10. The molecule has 0 aliphatic rings. The van der Waals surface area contributed by atoms with E-state index >= 15 is 0 Å². The van der Waals surface area contributed by atoms with Crippen LogP contribution in [0, 0.1) is 5.92 Å². The van der Waals surface area contributed by atoms with E-state index in [-0.39, 0.29) is 5.69 Å². The Morgan fingerprint density at radius 2 is 2.22 bits per heavy atom. The number of pyridine rings is 1. The lowest BCUT2D eigenvalue weighted by molar-refractivity contribution is 0.0995. The third-order valence-corrected chi connectivity index (χ3v) is 2.17. The van der Waals surface area contributed by atoms with Crippen molar-refractivity contribution in [1.82, 2.24) is 4.98 Å². The molecule has 0 aliphatic carbocycles. The highest BCUT2D eigenvalue weighted by Gasteiger charge is 2.06. The van der Waals surface area contributed by atoms with Crippen molar-refractivity contribution in [2.24, 2.45) is 11.7 Å². The Kier molecular flexibility index (Phi) is 5.38. The molecule has 0 aromatic carbocycles. The van der Waals surface area contributed by atoms with Gasteiger partial charge in [0, 0.05) is 13.2 Å². The molecule has 0 fully saturated rings. The summed E-state index contributed by atoms with van der Waals surface area (Å²) in [5.41, 5.74) is 11.5. The van der Waals surface area contributed by atoms with Gasteiger partial charge < -0.3 is 21.5 Å². The summed E-state index contributed by atoms with van der Waals surface area (Å²) in [5, 5.41) is 3.01. The number of nitrogen functional groups attached to an aromatic ring is 1. The average Bonchev–Trinajstić information content (AvgIpc) is 2.30. The van der Waals surface area contributed by atoms with Crippen molar-refractivity contribution in [1.29, 1.82) is 0 Å². The van der Waals surface area contributed by atoms with Crippen molar-refractivity contribution >= 4 is 17.4 Å². The van der Waals surface area contributed by atoms with Crippen LogP contribution in [-0.2, 0) is 4.74 Å². The largest absolute Gasteiger partial charge is 0.396 e. The predicted molar refractivity (Wildman–Crippen MR) is 71.3 cm³/mol. The standard InChI is InChI=1S/C12H20N4O2/c1-8(2)7-18-6-5-15-12-9(13)3-4-10(16-12)11(14)17/h3-4,8H,5-7,13H2,1-2H3,(H2,14,17)(H,15,16). The molecule has 6 nitrogen and oxygen atoms in total. The van der Waals surface area contributed by atoms with Gasteiger partial charge in [0.25, 0.3) is 5.91 Å². The summed E-state index contributed by atoms with van der Waals surface area (Å²) >= 11 is 0. The molecule has 0 saturated carbocycles. The molecular weight excluding hydrogens is 232 g/mol. The number of nitrogens with two attached hydrogens (primary N) is 2. The van der Waals surface area contributed by atoms with Crippen LogP contribution in [-0.4, -0.2) is 30.6 Å². The Morgan fingerprint density at radius 1 is 1.50 bits per heavy atom. The molecule has 0 spiro atoms. The number of nitrogens with zero attached hydrogens (tertiary/aromatic N) is 1. The summed E-state index contributed by atoms with van der Waals surface area (Å²) in [6, 6.07) is 3.10. The Hall–Kier alpha value is -1.82. The lowest BCUT2D eigenvalue weighted by atomic mass is 10.2. The number of anilines is 2. The minimum atomic E-state index is -0.575. The molecule has 0 atom stereocenters. The fourth-order valence-corrected chi connectivity index (χ4v) is 1.31. The number of ether oxygens (including phenoxy) is 1. The molecule has 1 rings (SSSR count). The average molecular weight is 252 g/mol. The first-order valence-electron chi connectivity index (χ1n) is 5.88. The van der Waals surface area contributed by atoms with Crippen molar-refractivity contribution in [3.8, 4) is 0 Å². The number of amides is 1. The van der Waals surface area contributed by atoms with Crippen LogP contribution in [0.3, 0.4) is 0 Å². The number of primary amides is 1. The highest BCUT2D eigenvalue weighted by molar-refractivity contribution is 5.91. The molecule has 1 aromatic rings. The van der Waals surface area contributed by atoms with Crippen LogP contribution in [0.2, 0.25) is 0 Å². The van der Waals surface area contributed by atoms with E-state index in [0.29, 0.717) is 37.2 Å². The van der Waals surface area contributed by atoms with E-state index in [4.69, 9.17) is 16.2 Å². The van der Waals surface area contributed by atoms with E-state index in [9.17, 15) is 4.79 Å². The summed E-state index contributed by atoms with van der Waals surface area (Å²) < 4.78 is 5.41. The highest BCUT2D eigenvalue weighted by atomic mass is 16.5. The first-order chi connectivity index (χ1) is 8.50. The first-order valence-corrected chi connectivity index (χ1v) is 5.88. The second-order valence-corrected chi connectivity index (χ2v) is 4.39. The second kappa shape index (κ2) is 6.80. The van der Waals surface area contributed by atoms with Crippen LogP contribution in [0.1, 0.15) is 24.3 Å². The van der Waals surface area contributed by atoms with Gasteiger partial charge in [0.15, 0.2) is 0 Å². The minimum absolute atomic E-state index is 0.190. The van der Waals surface area contributed by atoms with Gasteiger partial charge in [0.05, 0.1) is 12.3 Å². The third-order valence-electron chi connectivity index (χ3n) is 2.17. The van der Waals surface area contributed by atoms with Crippen LogP contribution in [0.4, 0.5) is 11.5 Å². The van der Waals surface area contributed by atoms with Crippen molar-refractivity contribution in [2.45, 2.75) is 13.8 Å². The van der Waals surface area contributed by atoms with Gasteiger partial charge in [-0.1, -0.05) is 13.8 Å². The second-order valence-electron chi connectivity index (χ2n) is 4.39. The van der Waals surface area contributed by atoms with Gasteiger partial charge in [-0.3, -0.25) is 4.79 Å². The first kappa shape index (κ1) is 14.2. The molecule has 0 saturated heterocycles. The van der Waals surface area contributed by atoms with Crippen LogP contribution in [0.25, 0.3) is 0 Å². The maximum absolute atomic E-state index is 11.0. The normalized spacial score (nSPS) is 10.6. The summed E-state index contributed by atoms with van der Waals surface area (Å²) in [7, 11) is 0. The predicted octanol–water partition coefficient (Wildman–Crippen LogP) is 0.847. The molecule has 1 heterocycles. The number of nitrogens with one attached hydrogen (secondary N) is 1. The SMILES string of the molecule is CC(C)COCCNc1nc(C(N)=O)ccc1N. The number of hydrogen-bond donors (Lipinski definition) is 3. The number of hydrogen-bond acceptors (Lipinski definition) is 5. The van der Waals surface area contributed by atoms with E-state index in [1.54, 1.807) is 6.07 Å². The zero-order valence-corrected chi connectivity index (χ0v) is 10.8. The summed E-state index contributed by atoms with van der Waals surface area (Å²) in [6.45, 7) is 6.02. The minimum Gasteiger partial charge on any atom is -0.396 e. The smallest absolute Gasteiger partial charge is 0.267 e. The Balaban J connectivity index is 2.46.